The number of aryl methyl sites for hydroxylation is 2. The minimum Gasteiger partial charge on any atom is -0.164 e. The van der Waals surface area contributed by atoms with E-state index in [2.05, 4.69) is 160 Å². The van der Waals surface area contributed by atoms with E-state index in [0.717, 1.165) is 5.92 Å². The smallest absolute Gasteiger partial charge is 0.0114 e. The molecule has 0 nitrogen and oxygen atoms in total. The first-order valence-corrected chi connectivity index (χ1v) is 20.4. The van der Waals surface area contributed by atoms with Crippen molar-refractivity contribution in [2.45, 2.75) is 39.0 Å². The van der Waals surface area contributed by atoms with Gasteiger partial charge in [-0.05, 0) is 51.4 Å². The van der Waals surface area contributed by atoms with Crippen LogP contribution in [0.1, 0.15) is 41.9 Å². The molecule has 1 saturated carbocycles. The van der Waals surface area contributed by atoms with Crippen molar-refractivity contribution in [3.05, 3.63) is 171 Å². The van der Waals surface area contributed by atoms with E-state index < -0.39 is 0 Å². The third-order valence-corrected chi connectivity index (χ3v) is 9.76. The molecule has 50 heavy (non-hydrogen) atoms. The van der Waals surface area contributed by atoms with Gasteiger partial charge in [0.25, 0.3) is 0 Å². The normalized spacial score (nSPS) is 11.8. The van der Waals surface area contributed by atoms with Crippen LogP contribution < -0.4 is 0 Å². The van der Waals surface area contributed by atoms with E-state index in [1.807, 2.05) is 0 Å². The van der Waals surface area contributed by atoms with Gasteiger partial charge in [0.1, 0.15) is 0 Å². The zero-order chi connectivity index (χ0) is 31.6. The van der Waals surface area contributed by atoms with Gasteiger partial charge in [-0.3, -0.25) is 0 Å². The Bertz CT molecular complexity index is 2310. The summed E-state index contributed by atoms with van der Waals surface area (Å²) < 4.78 is 0. The Morgan fingerprint density at radius 3 is 1.60 bits per heavy atom. The largest absolute Gasteiger partial charge is 0.164 e. The van der Waals surface area contributed by atoms with E-state index in [0.29, 0.717) is 0 Å². The molecule has 8 aromatic rings. The molecule has 8 aromatic carbocycles. The second kappa shape index (κ2) is 18.3. The first kappa shape index (κ1) is 41.2. The fourth-order valence-corrected chi connectivity index (χ4v) is 7.21. The van der Waals surface area contributed by atoms with E-state index in [1.54, 1.807) is 5.56 Å². The zero-order valence-corrected chi connectivity index (χ0v) is 34.4. The fourth-order valence-electron chi connectivity index (χ4n) is 7.21. The number of hydrogen-bond donors (Lipinski definition) is 0. The van der Waals surface area contributed by atoms with Crippen molar-refractivity contribution in [3.8, 4) is 22.3 Å². The van der Waals surface area contributed by atoms with Crippen molar-refractivity contribution in [1.29, 1.82) is 0 Å². The van der Waals surface area contributed by atoms with E-state index >= 15 is 0 Å². The Kier molecular flexibility index (Phi) is 15.1. The maximum absolute atomic E-state index is 3.06. The van der Waals surface area contributed by atoms with Crippen LogP contribution in [-0.2, 0) is 23.3 Å². The van der Waals surface area contributed by atoms with Gasteiger partial charge < -0.3 is 14.9 Å². The first-order valence-electron chi connectivity index (χ1n) is 16.2. The molecule has 1 aliphatic rings. The average molecular weight is 787 g/mol. The average Bonchev–Trinajstić information content (AvgIpc) is 3.69. The molecular weight excluding hydrogens is 743 g/mol. The van der Waals surface area contributed by atoms with Crippen molar-refractivity contribution >= 4 is 74.8 Å². The standard InChI is InChI=1S/C23H19.C21H17.2CH3.2ClH.Si.Zr/c1-2-11-20-17(6-1)9-4-12-21(20)22-13-5-10-18-14-19(15-23(18)22)16-7-3-8-16;1-14-12-20-15(2)10-11-19(21(20)13-14)18-9-5-7-16-6-3-4-8-17(16)18;;;;;;/h1-2,4-6,9-16H,3,7-8H2;3-13H,1-2H3;2*1H3;2*1H;;/q4*-1;;;;. The van der Waals surface area contributed by atoms with Crippen molar-refractivity contribution in [1.82, 2.24) is 0 Å². The van der Waals surface area contributed by atoms with Crippen LogP contribution in [0.25, 0.3) is 65.3 Å². The van der Waals surface area contributed by atoms with E-state index in [9.17, 15) is 0 Å². The molecule has 254 valence electrons. The van der Waals surface area contributed by atoms with Gasteiger partial charge in [-0.15, -0.1) is 93.4 Å². The van der Waals surface area contributed by atoms with Crippen molar-refractivity contribution < 1.29 is 23.3 Å². The van der Waals surface area contributed by atoms with Gasteiger partial charge in [0.15, 0.2) is 0 Å². The molecule has 0 N–H and O–H groups in total. The van der Waals surface area contributed by atoms with Crippen LogP contribution in [0.4, 0.5) is 0 Å². The Labute approximate surface area is 328 Å². The van der Waals surface area contributed by atoms with Crippen LogP contribution in [0.3, 0.4) is 0 Å². The summed E-state index contributed by atoms with van der Waals surface area (Å²) in [6.07, 6.45) is 4.11. The summed E-state index contributed by atoms with van der Waals surface area (Å²) >= 11 is 1.36. The van der Waals surface area contributed by atoms with E-state index in [1.165, 1.54) is 119 Å². The van der Waals surface area contributed by atoms with E-state index in [-0.39, 0.29) is 39.7 Å². The molecule has 0 heterocycles. The molecule has 0 amide bonds. The molecule has 2 radical (unpaired) electrons. The predicted molar refractivity (Wildman–Crippen MR) is 224 cm³/mol. The monoisotopic (exact) mass is 784 g/mol. The summed E-state index contributed by atoms with van der Waals surface area (Å²) in [5.41, 5.74) is 9.59. The molecule has 0 atom stereocenters. The van der Waals surface area contributed by atoms with Gasteiger partial charge >= 0.3 is 30.2 Å². The maximum Gasteiger partial charge on any atom is -0.0114 e. The van der Waals surface area contributed by atoms with Gasteiger partial charge in [0.05, 0.1) is 0 Å². The van der Waals surface area contributed by atoms with Crippen molar-refractivity contribution in [3.63, 3.8) is 0 Å². The Morgan fingerprint density at radius 2 is 1.04 bits per heavy atom. The van der Waals surface area contributed by atoms with Gasteiger partial charge in [0, 0.05) is 0 Å². The minimum absolute atomic E-state index is 0. The number of halogens is 2. The molecule has 9 rings (SSSR count). The molecule has 0 bridgehead atoms. The summed E-state index contributed by atoms with van der Waals surface area (Å²) in [5, 5.41) is 10.8. The predicted octanol–water partition coefficient (Wildman–Crippen LogP) is 14.0. The Morgan fingerprint density at radius 1 is 0.540 bits per heavy atom. The summed E-state index contributed by atoms with van der Waals surface area (Å²) in [6, 6.07) is 51.2. The number of benzene rings is 6. The topological polar surface area (TPSA) is 0 Å². The molecule has 0 aromatic heterocycles. The van der Waals surface area contributed by atoms with Crippen LogP contribution in [0.2, 0.25) is 0 Å². The number of fused-ring (bicyclic) bond motifs is 4. The summed E-state index contributed by atoms with van der Waals surface area (Å²) in [5.74, 6) is 0.794. The van der Waals surface area contributed by atoms with Crippen LogP contribution >= 0.6 is 24.8 Å². The Hall–Kier alpha value is -3.26. The molecule has 0 unspecified atom stereocenters. The zero-order valence-electron chi connectivity index (χ0n) is 29.3. The first-order chi connectivity index (χ1) is 22.6. The molecule has 4 heteroatoms. The fraction of sp³-hybridized carbons (Fsp3) is 0.130. The molecular formula is C46H44Cl2SiZr-4. The summed E-state index contributed by atoms with van der Waals surface area (Å²) in [4.78, 5) is 0. The summed E-state index contributed by atoms with van der Waals surface area (Å²) in [6.45, 7) is 7.42. The van der Waals surface area contributed by atoms with Crippen molar-refractivity contribution in [2.75, 3.05) is 0 Å². The molecule has 0 saturated heterocycles. The van der Waals surface area contributed by atoms with Crippen LogP contribution in [-0.4, -0.2) is 6.88 Å². The minimum atomic E-state index is 0. The molecule has 0 spiro atoms. The van der Waals surface area contributed by atoms with Gasteiger partial charge in [-0.1, -0.05) is 128 Å². The van der Waals surface area contributed by atoms with Crippen molar-refractivity contribution in [2.24, 2.45) is 0 Å². The molecule has 1 aliphatic carbocycles. The summed E-state index contributed by atoms with van der Waals surface area (Å²) in [7, 11) is 0. The van der Waals surface area contributed by atoms with Gasteiger partial charge in [0.2, 0.25) is 0 Å². The molecule has 1 fully saturated rings. The second-order valence-electron chi connectivity index (χ2n) is 12.6. The third kappa shape index (κ3) is 7.95. The van der Waals surface area contributed by atoms with Crippen LogP contribution in [0.5, 0.6) is 0 Å². The molecule has 0 aliphatic heterocycles. The quantitative estimate of drug-likeness (QED) is 0.124. The number of hydrogen-bond acceptors (Lipinski definition) is 0. The SMILES string of the molecule is Cc1cc2c(-c3cccc4ccccc34)ccc(C)c2[cH-]1.Cl.Cl.[CH3-].[CH3-].[Si]=[Zr].c1ccc2c(-c3cccc4[cH-]c(C5CCC5)cc34)cccc2c1. The van der Waals surface area contributed by atoms with E-state index in [4.69, 9.17) is 0 Å². The van der Waals surface area contributed by atoms with Crippen LogP contribution in [0.15, 0.2) is 140 Å². The second-order valence-corrected chi connectivity index (χ2v) is 12.6. The third-order valence-electron chi connectivity index (χ3n) is 9.76. The maximum atomic E-state index is 3.06. The van der Waals surface area contributed by atoms with Crippen LogP contribution in [0, 0.1) is 28.7 Å². The van der Waals surface area contributed by atoms with Gasteiger partial charge in [-0.25, -0.2) is 0 Å². The number of rotatable bonds is 3. The Balaban J connectivity index is 0.000000240. The van der Waals surface area contributed by atoms with Gasteiger partial charge in [-0.2, -0.15) is 12.1 Å².